The molecule has 6 heteroatoms. The maximum absolute atomic E-state index is 12.5. The molecule has 1 heterocycles. The Balaban J connectivity index is 1.74. The van der Waals surface area contributed by atoms with Crippen molar-refractivity contribution in [3.8, 4) is 11.4 Å². The quantitative estimate of drug-likeness (QED) is 0.364. The van der Waals surface area contributed by atoms with Crippen LogP contribution in [0.5, 0.6) is 5.75 Å². The number of carbonyl (C=O) groups excluding carboxylic acids is 1. The molecular weight excluding hydrogens is 394 g/mol. The molecule has 0 aliphatic rings. The van der Waals surface area contributed by atoms with Gasteiger partial charge in [-0.25, -0.2) is 4.79 Å². The summed E-state index contributed by atoms with van der Waals surface area (Å²) in [7, 11) is 0. The van der Waals surface area contributed by atoms with Gasteiger partial charge in [0.15, 0.2) is 5.75 Å². The number of benzene rings is 3. The molecule has 0 bridgehead atoms. The van der Waals surface area contributed by atoms with E-state index in [4.69, 9.17) is 4.74 Å². The molecule has 3 aromatic carbocycles. The summed E-state index contributed by atoms with van der Waals surface area (Å²) >= 11 is 3.36. The highest BCUT2D eigenvalue weighted by Crippen LogP contribution is 2.25. The van der Waals surface area contributed by atoms with Gasteiger partial charge in [-0.15, -0.1) is 15.0 Å². The molecule has 4 rings (SSSR count). The molecule has 0 fully saturated rings. The standard InChI is InChI=1S/C20H14BrN3O2/c1-13-9-10-19(26-20(25)14-5-4-6-15(21)12-14)18(11-13)24-22-16-7-2-3-8-17(16)23-24/h2-12H,1H3. The zero-order valence-electron chi connectivity index (χ0n) is 13.9. The van der Waals surface area contributed by atoms with Gasteiger partial charge in [0.25, 0.3) is 0 Å². The number of halogens is 1. The number of ether oxygens (including phenoxy) is 1. The van der Waals surface area contributed by atoms with Gasteiger partial charge in [-0.2, -0.15) is 0 Å². The number of hydrogen-bond acceptors (Lipinski definition) is 4. The van der Waals surface area contributed by atoms with Crippen LogP contribution < -0.4 is 4.74 Å². The van der Waals surface area contributed by atoms with Gasteiger partial charge in [0.2, 0.25) is 0 Å². The van der Waals surface area contributed by atoms with Crippen LogP contribution in [0.4, 0.5) is 0 Å². The minimum absolute atomic E-state index is 0.404. The number of esters is 1. The Bertz CT molecular complexity index is 1090. The Morgan fingerprint density at radius 2 is 1.69 bits per heavy atom. The summed E-state index contributed by atoms with van der Waals surface area (Å²) < 4.78 is 6.45. The lowest BCUT2D eigenvalue weighted by Crippen LogP contribution is -2.11. The fraction of sp³-hybridized carbons (Fsp3) is 0.0500. The molecule has 0 aliphatic carbocycles. The molecule has 0 atom stereocenters. The van der Waals surface area contributed by atoms with Gasteiger partial charge in [-0.05, 0) is 55.0 Å². The van der Waals surface area contributed by atoms with Gasteiger partial charge in [0.1, 0.15) is 16.7 Å². The average Bonchev–Trinajstić information content (AvgIpc) is 3.07. The largest absolute Gasteiger partial charge is 0.421 e. The molecule has 4 aromatic rings. The molecule has 0 aliphatic heterocycles. The summed E-state index contributed by atoms with van der Waals surface area (Å²) in [6.45, 7) is 1.96. The number of fused-ring (bicyclic) bond motifs is 1. The molecule has 128 valence electrons. The summed E-state index contributed by atoms with van der Waals surface area (Å²) in [5.41, 5.74) is 3.65. The number of nitrogens with zero attached hydrogens (tertiary/aromatic N) is 3. The van der Waals surface area contributed by atoms with Crippen LogP contribution in [0.1, 0.15) is 15.9 Å². The van der Waals surface area contributed by atoms with Gasteiger partial charge in [0.05, 0.1) is 5.56 Å². The number of aryl methyl sites for hydroxylation is 1. The van der Waals surface area contributed by atoms with Crippen LogP contribution in [0.2, 0.25) is 0 Å². The Hall–Kier alpha value is -2.99. The molecule has 0 saturated carbocycles. The summed E-state index contributed by atoms with van der Waals surface area (Å²) in [6.07, 6.45) is 0. The van der Waals surface area contributed by atoms with E-state index in [1.54, 1.807) is 24.3 Å². The van der Waals surface area contributed by atoms with E-state index in [1.807, 2.05) is 49.4 Å². The van der Waals surface area contributed by atoms with Crippen LogP contribution >= 0.6 is 15.9 Å². The van der Waals surface area contributed by atoms with Crippen molar-refractivity contribution in [2.24, 2.45) is 0 Å². The Morgan fingerprint density at radius 3 is 2.38 bits per heavy atom. The molecule has 0 saturated heterocycles. The summed E-state index contributed by atoms with van der Waals surface area (Å²) in [5, 5.41) is 8.97. The van der Waals surface area contributed by atoms with Crippen molar-refractivity contribution in [3.05, 3.63) is 82.3 Å². The number of aromatic nitrogens is 3. The van der Waals surface area contributed by atoms with Crippen molar-refractivity contribution in [2.45, 2.75) is 6.92 Å². The van der Waals surface area contributed by atoms with Crippen LogP contribution in [-0.2, 0) is 0 Å². The number of hydrogen-bond donors (Lipinski definition) is 0. The van der Waals surface area contributed by atoms with E-state index >= 15 is 0 Å². The molecule has 26 heavy (non-hydrogen) atoms. The maximum Gasteiger partial charge on any atom is 0.343 e. The van der Waals surface area contributed by atoms with E-state index in [0.717, 1.165) is 21.1 Å². The molecule has 0 amide bonds. The third kappa shape index (κ3) is 3.23. The zero-order chi connectivity index (χ0) is 18.1. The zero-order valence-corrected chi connectivity index (χ0v) is 15.5. The average molecular weight is 408 g/mol. The molecule has 0 unspecified atom stereocenters. The fourth-order valence-electron chi connectivity index (χ4n) is 2.61. The van der Waals surface area contributed by atoms with Crippen LogP contribution in [0.3, 0.4) is 0 Å². The molecule has 0 N–H and O–H groups in total. The second-order valence-electron chi connectivity index (χ2n) is 5.85. The maximum atomic E-state index is 12.5. The summed E-state index contributed by atoms with van der Waals surface area (Å²) in [5.74, 6) is -0.0333. The molecule has 1 aromatic heterocycles. The summed E-state index contributed by atoms with van der Waals surface area (Å²) in [6, 6.07) is 20.2. The number of rotatable bonds is 3. The van der Waals surface area contributed by atoms with Gasteiger partial charge >= 0.3 is 5.97 Å². The van der Waals surface area contributed by atoms with E-state index < -0.39 is 5.97 Å². The lowest BCUT2D eigenvalue weighted by molar-refractivity contribution is 0.0734. The van der Waals surface area contributed by atoms with Crippen LogP contribution in [0, 0.1) is 6.92 Å². The highest BCUT2D eigenvalue weighted by atomic mass is 79.9. The highest BCUT2D eigenvalue weighted by Gasteiger charge is 2.15. The van der Waals surface area contributed by atoms with Crippen molar-refractivity contribution < 1.29 is 9.53 Å². The predicted octanol–water partition coefficient (Wildman–Crippen LogP) is 4.71. The Labute approximate surface area is 158 Å². The first kappa shape index (κ1) is 16.5. The highest BCUT2D eigenvalue weighted by molar-refractivity contribution is 9.10. The van der Waals surface area contributed by atoms with Gasteiger partial charge in [0, 0.05) is 4.47 Å². The third-order valence-electron chi connectivity index (χ3n) is 3.88. The first-order valence-electron chi connectivity index (χ1n) is 8.01. The Kier molecular flexibility index (Phi) is 4.26. The van der Waals surface area contributed by atoms with Crippen molar-refractivity contribution in [3.63, 3.8) is 0 Å². The second kappa shape index (κ2) is 6.72. The van der Waals surface area contributed by atoms with Crippen molar-refractivity contribution in [1.29, 1.82) is 0 Å². The topological polar surface area (TPSA) is 57.0 Å². The van der Waals surface area contributed by atoms with E-state index in [2.05, 4.69) is 26.1 Å². The van der Waals surface area contributed by atoms with Crippen LogP contribution in [0.15, 0.2) is 71.2 Å². The number of carbonyl (C=O) groups is 1. The van der Waals surface area contributed by atoms with Gasteiger partial charge in [-0.3, -0.25) is 0 Å². The van der Waals surface area contributed by atoms with E-state index in [1.165, 1.54) is 4.80 Å². The van der Waals surface area contributed by atoms with Gasteiger partial charge in [-0.1, -0.05) is 40.2 Å². The molecule has 5 nitrogen and oxygen atoms in total. The normalized spacial score (nSPS) is 10.8. The van der Waals surface area contributed by atoms with Crippen LogP contribution in [-0.4, -0.2) is 21.0 Å². The first-order valence-corrected chi connectivity index (χ1v) is 8.80. The lowest BCUT2D eigenvalue weighted by Gasteiger charge is -2.10. The third-order valence-corrected chi connectivity index (χ3v) is 4.37. The molecular formula is C20H14BrN3O2. The lowest BCUT2D eigenvalue weighted by atomic mass is 10.2. The fourth-order valence-corrected chi connectivity index (χ4v) is 3.01. The summed E-state index contributed by atoms with van der Waals surface area (Å²) in [4.78, 5) is 14.0. The smallest absolute Gasteiger partial charge is 0.343 e. The van der Waals surface area contributed by atoms with Crippen molar-refractivity contribution >= 4 is 32.9 Å². The molecule has 0 spiro atoms. The minimum Gasteiger partial charge on any atom is -0.421 e. The van der Waals surface area contributed by atoms with Crippen molar-refractivity contribution in [1.82, 2.24) is 15.0 Å². The van der Waals surface area contributed by atoms with E-state index in [9.17, 15) is 4.79 Å². The van der Waals surface area contributed by atoms with Gasteiger partial charge < -0.3 is 4.74 Å². The minimum atomic E-state index is -0.437. The predicted molar refractivity (Wildman–Crippen MR) is 103 cm³/mol. The monoisotopic (exact) mass is 407 g/mol. The van der Waals surface area contributed by atoms with E-state index in [0.29, 0.717) is 17.0 Å². The second-order valence-corrected chi connectivity index (χ2v) is 6.76. The SMILES string of the molecule is Cc1ccc(OC(=O)c2cccc(Br)c2)c(-n2nc3ccccc3n2)c1. The van der Waals surface area contributed by atoms with E-state index in [-0.39, 0.29) is 0 Å². The van der Waals surface area contributed by atoms with Crippen LogP contribution in [0.25, 0.3) is 16.7 Å². The molecule has 0 radical (unpaired) electrons. The first-order chi connectivity index (χ1) is 12.6. The Morgan fingerprint density at radius 1 is 0.962 bits per heavy atom. The van der Waals surface area contributed by atoms with Crippen molar-refractivity contribution in [2.75, 3.05) is 0 Å².